The van der Waals surface area contributed by atoms with Crippen molar-refractivity contribution < 1.29 is 27.9 Å². The van der Waals surface area contributed by atoms with E-state index in [4.69, 9.17) is 5.11 Å². The normalized spacial score (nSPS) is 14.6. The standard InChI is InChI=1S/C12H12F3N7O3/c1-5-16-8(9(25)21(4-7(23)24)6-2-3-6)20-22(5)11-17-10(18-19-11)12(13,14)15/h6H,2-4H2,1H3,(H,23,24)(H,17,18,19). The second-order valence-electron chi connectivity index (χ2n) is 5.43. The number of aromatic amines is 1. The maximum atomic E-state index is 12.6. The monoisotopic (exact) mass is 359 g/mol. The predicted molar refractivity (Wildman–Crippen MR) is 72.7 cm³/mol. The predicted octanol–water partition coefficient (Wildman–Crippen LogP) is 0.402. The number of hydrogen-bond acceptors (Lipinski definition) is 6. The summed E-state index contributed by atoms with van der Waals surface area (Å²) in [7, 11) is 0. The van der Waals surface area contributed by atoms with Gasteiger partial charge in [-0.25, -0.2) is 4.98 Å². The molecule has 134 valence electrons. The highest BCUT2D eigenvalue weighted by molar-refractivity contribution is 5.93. The third kappa shape index (κ3) is 3.44. The van der Waals surface area contributed by atoms with Gasteiger partial charge in [-0.15, -0.1) is 10.2 Å². The molecular formula is C12H12F3N7O3. The zero-order chi connectivity index (χ0) is 18.4. The molecule has 0 aromatic carbocycles. The van der Waals surface area contributed by atoms with E-state index in [9.17, 15) is 22.8 Å². The van der Waals surface area contributed by atoms with Crippen molar-refractivity contribution in [2.24, 2.45) is 0 Å². The average molecular weight is 359 g/mol. The van der Waals surface area contributed by atoms with Crippen LogP contribution < -0.4 is 0 Å². The second kappa shape index (κ2) is 5.82. The van der Waals surface area contributed by atoms with Gasteiger partial charge in [0.2, 0.25) is 11.6 Å². The SMILES string of the molecule is Cc1nc(C(=O)N(CC(=O)O)C2CC2)nn1-c1n[nH]c(C(F)(F)F)n1. The Labute approximate surface area is 137 Å². The van der Waals surface area contributed by atoms with Crippen molar-refractivity contribution in [3.05, 3.63) is 17.5 Å². The average Bonchev–Trinajstić information content (AvgIpc) is 3.07. The molecule has 1 aliphatic rings. The first kappa shape index (κ1) is 16.9. The van der Waals surface area contributed by atoms with Crippen molar-refractivity contribution in [1.82, 2.24) is 34.8 Å². The van der Waals surface area contributed by atoms with E-state index in [0.717, 1.165) is 9.58 Å². The molecule has 0 atom stereocenters. The molecule has 1 amide bonds. The van der Waals surface area contributed by atoms with Gasteiger partial charge in [0, 0.05) is 6.04 Å². The van der Waals surface area contributed by atoms with E-state index in [2.05, 4.69) is 20.2 Å². The lowest BCUT2D eigenvalue weighted by atomic mass is 10.4. The number of carbonyl (C=O) groups is 2. The smallest absolute Gasteiger partial charge is 0.451 e. The van der Waals surface area contributed by atoms with Gasteiger partial charge >= 0.3 is 12.1 Å². The Bertz CT molecular complexity index is 824. The molecule has 1 aliphatic carbocycles. The zero-order valence-electron chi connectivity index (χ0n) is 12.8. The molecule has 0 radical (unpaired) electrons. The van der Waals surface area contributed by atoms with Gasteiger partial charge in [0.25, 0.3) is 11.9 Å². The number of nitrogens with zero attached hydrogens (tertiary/aromatic N) is 6. The maximum Gasteiger partial charge on any atom is 0.451 e. The molecule has 10 nitrogen and oxygen atoms in total. The van der Waals surface area contributed by atoms with Gasteiger partial charge in [-0.2, -0.15) is 22.8 Å². The lowest BCUT2D eigenvalue weighted by Crippen LogP contribution is -2.38. The summed E-state index contributed by atoms with van der Waals surface area (Å²) in [6.07, 6.45) is -3.36. The summed E-state index contributed by atoms with van der Waals surface area (Å²) in [5, 5.41) is 17.9. The summed E-state index contributed by atoms with van der Waals surface area (Å²) in [6, 6.07) is -0.198. The number of H-pyrrole nitrogens is 1. The fraction of sp³-hybridized carbons (Fsp3) is 0.500. The summed E-state index contributed by atoms with van der Waals surface area (Å²) in [6.45, 7) is 0.905. The van der Waals surface area contributed by atoms with Gasteiger partial charge in [0.05, 0.1) is 0 Å². The number of carbonyl (C=O) groups excluding carboxylic acids is 1. The topological polar surface area (TPSA) is 130 Å². The van der Waals surface area contributed by atoms with Crippen molar-refractivity contribution in [1.29, 1.82) is 0 Å². The number of aryl methyl sites for hydroxylation is 1. The van der Waals surface area contributed by atoms with Crippen LogP contribution in [0.25, 0.3) is 5.95 Å². The molecule has 2 aromatic rings. The third-order valence-corrected chi connectivity index (χ3v) is 3.45. The number of aliphatic carboxylic acids is 1. The van der Waals surface area contributed by atoms with E-state index in [1.165, 1.54) is 6.92 Å². The Morgan fingerprint density at radius 2 is 2.04 bits per heavy atom. The molecule has 2 N–H and O–H groups in total. The van der Waals surface area contributed by atoms with Crippen molar-refractivity contribution in [2.75, 3.05) is 6.54 Å². The van der Waals surface area contributed by atoms with Crippen molar-refractivity contribution in [3.63, 3.8) is 0 Å². The highest BCUT2D eigenvalue weighted by Crippen LogP contribution is 2.28. The van der Waals surface area contributed by atoms with Gasteiger partial charge in [0.15, 0.2) is 0 Å². The minimum Gasteiger partial charge on any atom is -0.480 e. The van der Waals surface area contributed by atoms with Crippen LogP contribution in [-0.2, 0) is 11.0 Å². The quantitative estimate of drug-likeness (QED) is 0.790. The Hall–Kier alpha value is -2.99. The Morgan fingerprint density at radius 3 is 2.56 bits per heavy atom. The Balaban J connectivity index is 1.88. The molecule has 0 unspecified atom stereocenters. The lowest BCUT2D eigenvalue weighted by molar-refractivity contribution is -0.144. The lowest BCUT2D eigenvalue weighted by Gasteiger charge is -2.17. The van der Waals surface area contributed by atoms with Crippen LogP contribution in [0.2, 0.25) is 0 Å². The first-order valence-electron chi connectivity index (χ1n) is 7.13. The number of carboxylic acids is 1. The molecule has 0 spiro atoms. The number of hydrogen-bond donors (Lipinski definition) is 2. The highest BCUT2D eigenvalue weighted by Gasteiger charge is 2.37. The molecule has 25 heavy (non-hydrogen) atoms. The van der Waals surface area contributed by atoms with E-state index in [-0.39, 0.29) is 17.7 Å². The fourth-order valence-electron chi connectivity index (χ4n) is 2.17. The first-order chi connectivity index (χ1) is 11.7. The molecule has 13 heteroatoms. The largest absolute Gasteiger partial charge is 0.480 e. The fourth-order valence-corrected chi connectivity index (χ4v) is 2.17. The van der Waals surface area contributed by atoms with Crippen LogP contribution in [0, 0.1) is 6.92 Å². The third-order valence-electron chi connectivity index (χ3n) is 3.45. The highest BCUT2D eigenvalue weighted by atomic mass is 19.4. The van der Waals surface area contributed by atoms with Gasteiger partial charge < -0.3 is 10.0 Å². The number of carboxylic acid groups (broad SMARTS) is 1. The molecule has 0 saturated heterocycles. The van der Waals surface area contributed by atoms with Gasteiger partial charge in [-0.3, -0.25) is 14.7 Å². The van der Waals surface area contributed by atoms with Crippen LogP contribution in [0.4, 0.5) is 13.2 Å². The zero-order valence-corrected chi connectivity index (χ0v) is 12.8. The molecule has 1 saturated carbocycles. The molecular weight excluding hydrogens is 347 g/mol. The maximum absolute atomic E-state index is 12.6. The summed E-state index contributed by atoms with van der Waals surface area (Å²) >= 11 is 0. The summed E-state index contributed by atoms with van der Waals surface area (Å²) in [4.78, 5) is 31.6. The summed E-state index contributed by atoms with van der Waals surface area (Å²) in [5.74, 6) is -3.87. The molecule has 2 aromatic heterocycles. The van der Waals surface area contributed by atoms with E-state index < -0.39 is 36.4 Å². The van der Waals surface area contributed by atoms with Gasteiger partial charge in [-0.05, 0) is 19.8 Å². The van der Waals surface area contributed by atoms with Crippen LogP contribution in [0.15, 0.2) is 0 Å². The van der Waals surface area contributed by atoms with Gasteiger partial charge in [0.1, 0.15) is 12.4 Å². The molecule has 2 heterocycles. The Kier molecular flexibility index (Phi) is 3.93. The minimum absolute atomic E-state index is 0.0853. The van der Waals surface area contributed by atoms with Crippen LogP contribution in [0.1, 0.15) is 35.1 Å². The molecule has 1 fully saturated rings. The first-order valence-corrected chi connectivity index (χ1v) is 7.13. The van der Waals surface area contributed by atoms with Crippen LogP contribution in [0.3, 0.4) is 0 Å². The van der Waals surface area contributed by atoms with Crippen molar-refractivity contribution >= 4 is 11.9 Å². The number of halogens is 3. The number of rotatable bonds is 5. The summed E-state index contributed by atoms with van der Waals surface area (Å²) in [5.41, 5.74) is 0. The van der Waals surface area contributed by atoms with Crippen molar-refractivity contribution in [3.8, 4) is 5.95 Å². The second-order valence-corrected chi connectivity index (χ2v) is 5.43. The summed E-state index contributed by atoms with van der Waals surface area (Å²) < 4.78 is 38.6. The van der Waals surface area contributed by atoms with E-state index in [1.807, 2.05) is 0 Å². The Morgan fingerprint density at radius 1 is 1.36 bits per heavy atom. The number of aromatic nitrogens is 6. The van der Waals surface area contributed by atoms with E-state index in [1.54, 1.807) is 5.10 Å². The van der Waals surface area contributed by atoms with Crippen molar-refractivity contribution in [2.45, 2.75) is 32.0 Å². The minimum atomic E-state index is -4.71. The number of amides is 1. The molecule has 0 bridgehead atoms. The van der Waals surface area contributed by atoms with E-state index in [0.29, 0.717) is 12.8 Å². The van der Waals surface area contributed by atoms with Crippen LogP contribution >= 0.6 is 0 Å². The van der Waals surface area contributed by atoms with Crippen LogP contribution in [0.5, 0.6) is 0 Å². The molecule has 3 rings (SSSR count). The van der Waals surface area contributed by atoms with Gasteiger partial charge in [-0.1, -0.05) is 0 Å². The molecule has 0 aliphatic heterocycles. The van der Waals surface area contributed by atoms with E-state index >= 15 is 0 Å². The number of alkyl halides is 3. The number of nitrogens with one attached hydrogen (secondary N) is 1. The van der Waals surface area contributed by atoms with Crippen LogP contribution in [-0.4, -0.2) is 64.4 Å².